The Hall–Kier alpha value is 0.600. The van der Waals surface area contributed by atoms with Crippen molar-refractivity contribution in [3.05, 3.63) is 9.66 Å². The second kappa shape index (κ2) is 2.46. The van der Waals surface area contributed by atoms with Gasteiger partial charge in [0, 0.05) is 22.6 Å². The Labute approximate surface area is 74.5 Å². The van der Waals surface area contributed by atoms with Crippen molar-refractivity contribution in [2.24, 2.45) is 0 Å². The largest absolute Gasteiger partial charge is 0.245 e. The van der Waals surface area contributed by atoms with E-state index in [1.54, 1.807) is 0 Å². The number of nitrogens with zero attached hydrogens (tertiary/aromatic N) is 3. The van der Waals surface area contributed by atoms with Crippen LogP contribution in [0.3, 0.4) is 0 Å². The summed E-state index contributed by atoms with van der Waals surface area (Å²) in [5.74, 6) is 0.940. The molecule has 0 saturated heterocycles. The third-order valence-corrected chi connectivity index (χ3v) is 3.50. The summed E-state index contributed by atoms with van der Waals surface area (Å²) >= 11 is 4.28. The SMILES string of the molecule is Cc1nnc(I)n1I. The van der Waals surface area contributed by atoms with E-state index in [0.29, 0.717) is 0 Å². The quantitative estimate of drug-likeness (QED) is 0.671. The fraction of sp³-hybridized carbons (Fsp3) is 0.333. The molecule has 0 aliphatic carbocycles. The van der Waals surface area contributed by atoms with E-state index >= 15 is 0 Å². The van der Waals surface area contributed by atoms with Gasteiger partial charge in [-0.05, 0) is 6.92 Å². The number of hydrogen-bond donors (Lipinski definition) is 0. The second-order valence-electron chi connectivity index (χ2n) is 1.30. The molecule has 0 radical (unpaired) electrons. The van der Waals surface area contributed by atoms with Crippen LogP contribution in [0.1, 0.15) is 5.82 Å². The topological polar surface area (TPSA) is 30.7 Å². The molecule has 1 rings (SSSR count). The molecule has 1 aromatic rings. The number of halogens is 2. The Balaban J connectivity index is 3.19. The molecule has 1 heterocycles. The van der Waals surface area contributed by atoms with Gasteiger partial charge in [0.15, 0.2) is 0 Å². The van der Waals surface area contributed by atoms with Gasteiger partial charge in [0.2, 0.25) is 3.83 Å². The Morgan fingerprint density at radius 3 is 2.25 bits per heavy atom. The smallest absolute Gasteiger partial charge is 0.203 e. The van der Waals surface area contributed by atoms with E-state index in [1.807, 2.05) is 9.70 Å². The van der Waals surface area contributed by atoms with Gasteiger partial charge in [-0.25, -0.2) is 2.78 Å². The van der Waals surface area contributed by atoms with E-state index in [4.69, 9.17) is 0 Å². The minimum atomic E-state index is 0.917. The van der Waals surface area contributed by atoms with Crippen LogP contribution in [0.15, 0.2) is 0 Å². The van der Waals surface area contributed by atoms with Gasteiger partial charge in [-0.2, -0.15) is 0 Å². The molecule has 1 aromatic heterocycles. The lowest BCUT2D eigenvalue weighted by molar-refractivity contribution is 1.03. The van der Waals surface area contributed by atoms with E-state index < -0.39 is 0 Å². The van der Waals surface area contributed by atoms with Crippen LogP contribution < -0.4 is 0 Å². The minimum Gasteiger partial charge on any atom is -0.245 e. The standard InChI is InChI=1S/C3H3I2N3/c1-2-6-7-3(4)8(2)5/h1H3. The summed E-state index contributed by atoms with van der Waals surface area (Å²) in [6.07, 6.45) is 0. The molecular weight excluding hydrogens is 332 g/mol. The van der Waals surface area contributed by atoms with Crippen molar-refractivity contribution in [1.29, 1.82) is 0 Å². The van der Waals surface area contributed by atoms with Crippen molar-refractivity contribution < 1.29 is 0 Å². The molecule has 0 fully saturated rings. The highest BCUT2D eigenvalue weighted by molar-refractivity contribution is 14.1. The van der Waals surface area contributed by atoms with Crippen molar-refractivity contribution in [3.8, 4) is 0 Å². The maximum Gasteiger partial charge on any atom is 0.203 e. The second-order valence-corrected chi connectivity index (χ2v) is 3.23. The molecule has 0 unspecified atom stereocenters. The lowest BCUT2D eigenvalue weighted by Gasteiger charge is -1.85. The van der Waals surface area contributed by atoms with Crippen LogP contribution in [0.25, 0.3) is 0 Å². The molecule has 3 nitrogen and oxygen atoms in total. The lowest BCUT2D eigenvalue weighted by Crippen LogP contribution is -1.83. The molecular formula is C3H3I2N3. The molecule has 5 heteroatoms. The number of aryl methyl sites for hydroxylation is 1. The normalized spacial score (nSPS) is 9.88. The molecule has 0 aliphatic rings. The highest BCUT2D eigenvalue weighted by Crippen LogP contribution is 2.06. The van der Waals surface area contributed by atoms with Crippen molar-refractivity contribution >= 4 is 45.5 Å². The van der Waals surface area contributed by atoms with Crippen molar-refractivity contribution in [2.75, 3.05) is 0 Å². The Morgan fingerprint density at radius 2 is 2.12 bits per heavy atom. The monoisotopic (exact) mass is 335 g/mol. The van der Waals surface area contributed by atoms with Crippen LogP contribution in [0.2, 0.25) is 0 Å². The van der Waals surface area contributed by atoms with Gasteiger partial charge in [0.05, 0.1) is 22.9 Å². The Bertz CT molecular complexity index is 175. The maximum absolute atomic E-state index is 3.81. The fourth-order valence-corrected chi connectivity index (χ4v) is 0.976. The summed E-state index contributed by atoms with van der Waals surface area (Å²) in [5.41, 5.74) is 0. The lowest BCUT2D eigenvalue weighted by atomic mass is 10.8. The number of rotatable bonds is 0. The van der Waals surface area contributed by atoms with E-state index in [0.717, 1.165) is 9.66 Å². The zero-order chi connectivity index (χ0) is 6.15. The van der Waals surface area contributed by atoms with Gasteiger partial charge in [-0.1, -0.05) is 0 Å². The summed E-state index contributed by atoms with van der Waals surface area (Å²) in [6.45, 7) is 1.92. The van der Waals surface area contributed by atoms with Crippen molar-refractivity contribution in [2.45, 2.75) is 6.92 Å². The van der Waals surface area contributed by atoms with Gasteiger partial charge < -0.3 is 0 Å². The molecule has 0 saturated carbocycles. The summed E-state index contributed by atoms with van der Waals surface area (Å²) in [6, 6.07) is 0. The summed E-state index contributed by atoms with van der Waals surface area (Å²) in [4.78, 5) is 0. The van der Waals surface area contributed by atoms with Crippen LogP contribution in [0.5, 0.6) is 0 Å². The first kappa shape index (κ1) is 6.72. The molecule has 0 bridgehead atoms. The van der Waals surface area contributed by atoms with Gasteiger partial charge >= 0.3 is 0 Å². The molecule has 0 N–H and O–H groups in total. The van der Waals surface area contributed by atoms with Gasteiger partial charge in [0.1, 0.15) is 5.82 Å². The molecule has 0 atom stereocenters. The highest BCUT2D eigenvalue weighted by Gasteiger charge is 1.98. The van der Waals surface area contributed by atoms with Gasteiger partial charge in [0.25, 0.3) is 0 Å². The van der Waals surface area contributed by atoms with Crippen LogP contribution >= 0.6 is 45.5 Å². The zero-order valence-corrected chi connectivity index (χ0v) is 8.41. The van der Waals surface area contributed by atoms with E-state index in [9.17, 15) is 0 Å². The average molecular weight is 335 g/mol. The fourth-order valence-electron chi connectivity index (χ4n) is 0.326. The molecule has 0 aromatic carbocycles. The number of hydrogen-bond acceptors (Lipinski definition) is 2. The molecule has 0 amide bonds. The van der Waals surface area contributed by atoms with Crippen LogP contribution in [0.4, 0.5) is 0 Å². The maximum atomic E-state index is 3.81. The van der Waals surface area contributed by atoms with Crippen LogP contribution in [-0.4, -0.2) is 13.0 Å². The third-order valence-electron chi connectivity index (χ3n) is 0.723. The van der Waals surface area contributed by atoms with Crippen LogP contribution in [-0.2, 0) is 0 Å². The van der Waals surface area contributed by atoms with Crippen molar-refractivity contribution in [3.63, 3.8) is 0 Å². The van der Waals surface area contributed by atoms with E-state index in [-0.39, 0.29) is 0 Å². The molecule has 8 heavy (non-hydrogen) atoms. The first-order valence-corrected chi connectivity index (χ1v) is 4.00. The van der Waals surface area contributed by atoms with E-state index in [2.05, 4.69) is 55.7 Å². The molecule has 44 valence electrons. The predicted octanol–water partition coefficient (Wildman–Crippen LogP) is 1.39. The third kappa shape index (κ3) is 1.12. The minimum absolute atomic E-state index is 0.917. The summed E-state index contributed by atoms with van der Waals surface area (Å²) in [5, 5.41) is 7.62. The van der Waals surface area contributed by atoms with Gasteiger partial charge in [-0.15, -0.1) is 10.2 Å². The summed E-state index contributed by atoms with van der Waals surface area (Å²) in [7, 11) is 0. The zero-order valence-electron chi connectivity index (χ0n) is 4.10. The van der Waals surface area contributed by atoms with E-state index in [1.165, 1.54) is 0 Å². The van der Waals surface area contributed by atoms with Crippen LogP contribution in [0, 0.1) is 10.8 Å². The first-order chi connectivity index (χ1) is 3.72. The highest BCUT2D eigenvalue weighted by atomic mass is 127. The molecule has 0 spiro atoms. The average Bonchev–Trinajstić information content (AvgIpc) is 1.98. The van der Waals surface area contributed by atoms with Crippen molar-refractivity contribution in [1.82, 2.24) is 13.0 Å². The Morgan fingerprint density at radius 1 is 1.50 bits per heavy atom. The molecule has 0 aliphatic heterocycles. The number of aromatic nitrogens is 3. The summed E-state index contributed by atoms with van der Waals surface area (Å²) < 4.78 is 2.82. The predicted molar refractivity (Wildman–Crippen MR) is 46.9 cm³/mol. The van der Waals surface area contributed by atoms with Gasteiger partial charge in [-0.3, -0.25) is 0 Å². The first-order valence-electron chi connectivity index (χ1n) is 1.95. The Kier molecular flexibility index (Phi) is 2.07.